The average Bonchev–Trinajstić information content (AvgIpc) is 3.07. The molecule has 4 rings (SSSR count). The molecule has 35 heavy (non-hydrogen) atoms. The van der Waals surface area contributed by atoms with Crippen LogP contribution in [0.4, 0.5) is 17.3 Å². The molecule has 1 N–H and O–H groups in total. The van der Waals surface area contributed by atoms with Gasteiger partial charge in [-0.2, -0.15) is 4.31 Å². The van der Waals surface area contributed by atoms with E-state index in [1.54, 1.807) is 12.1 Å². The van der Waals surface area contributed by atoms with Crippen molar-refractivity contribution in [2.24, 2.45) is 0 Å². The van der Waals surface area contributed by atoms with E-state index in [9.17, 15) is 18.5 Å². The summed E-state index contributed by atoms with van der Waals surface area (Å²) in [7, 11) is -0.844. The van der Waals surface area contributed by atoms with Crippen LogP contribution in [0.3, 0.4) is 0 Å². The molecule has 0 aliphatic carbocycles. The number of nitrogens with zero attached hydrogens (tertiary/aromatic N) is 5. The maximum absolute atomic E-state index is 13.4. The maximum Gasteiger partial charge on any atom is 0.269 e. The van der Waals surface area contributed by atoms with Gasteiger partial charge in [-0.25, -0.2) is 18.4 Å². The minimum Gasteiger partial charge on any atom is -0.367 e. The van der Waals surface area contributed by atoms with Crippen molar-refractivity contribution in [1.29, 1.82) is 0 Å². The number of nitro groups is 1. The van der Waals surface area contributed by atoms with Crippen LogP contribution in [-0.4, -0.2) is 54.9 Å². The number of halogens is 1. The van der Waals surface area contributed by atoms with Crippen LogP contribution in [0, 0.1) is 10.1 Å². The van der Waals surface area contributed by atoms with E-state index in [2.05, 4.69) is 15.3 Å². The lowest BCUT2D eigenvalue weighted by Gasteiger charge is -2.30. The lowest BCUT2D eigenvalue weighted by Crippen LogP contribution is -2.34. The Labute approximate surface area is 207 Å². The van der Waals surface area contributed by atoms with E-state index in [0.29, 0.717) is 35.3 Å². The summed E-state index contributed by atoms with van der Waals surface area (Å²) in [6, 6.07) is 12.1. The molecule has 2 aromatic carbocycles. The predicted octanol–water partition coefficient (Wildman–Crippen LogP) is 3.44. The number of nitro benzene ring substituents is 1. The summed E-state index contributed by atoms with van der Waals surface area (Å²) in [6.45, 7) is 1.12. The first-order valence-electron chi connectivity index (χ1n) is 10.6. The zero-order chi connectivity index (χ0) is 25.2. The van der Waals surface area contributed by atoms with Crippen molar-refractivity contribution in [2.45, 2.75) is 17.7 Å². The highest BCUT2D eigenvalue weighted by Crippen LogP contribution is 2.37. The Morgan fingerprint density at radius 2 is 1.83 bits per heavy atom. The normalized spacial score (nSPS) is 15.7. The molecule has 1 aromatic heterocycles. The number of anilines is 2. The number of non-ortho nitro benzene ring substituents is 1. The molecule has 13 heteroatoms. The Kier molecular flexibility index (Phi) is 7.17. The van der Waals surface area contributed by atoms with Gasteiger partial charge in [0.25, 0.3) is 5.69 Å². The van der Waals surface area contributed by atoms with Gasteiger partial charge in [-0.3, -0.25) is 10.1 Å². The van der Waals surface area contributed by atoms with Gasteiger partial charge in [0.2, 0.25) is 10.0 Å². The molecule has 0 fully saturated rings. The summed E-state index contributed by atoms with van der Waals surface area (Å²) in [6.07, 6.45) is 0.372. The molecule has 0 unspecified atom stereocenters. The van der Waals surface area contributed by atoms with Crippen LogP contribution in [0.2, 0.25) is 5.02 Å². The van der Waals surface area contributed by atoms with E-state index in [0.717, 1.165) is 22.0 Å². The van der Waals surface area contributed by atoms with Crippen LogP contribution in [0.1, 0.15) is 17.4 Å². The van der Waals surface area contributed by atoms with Gasteiger partial charge >= 0.3 is 0 Å². The first-order chi connectivity index (χ1) is 16.7. The van der Waals surface area contributed by atoms with Gasteiger partial charge in [-0.1, -0.05) is 23.7 Å². The third kappa shape index (κ3) is 5.20. The second-order valence-corrected chi connectivity index (χ2v) is 10.3. The minimum atomic E-state index is -4.08. The number of rotatable bonds is 7. The SMILES string of the molecule is CN(Cc1ccc(Cl)cc1)c1ncnc2c1[C@H](N(C)S(=O)(=O)c1ccc([N+](=O)[O-])cc1)OCCN2. The fourth-order valence-corrected chi connectivity index (χ4v) is 5.10. The first kappa shape index (κ1) is 24.8. The zero-order valence-electron chi connectivity index (χ0n) is 19.0. The number of aromatic nitrogens is 2. The topological polar surface area (TPSA) is 131 Å². The molecule has 0 bridgehead atoms. The number of ether oxygens (including phenoxy) is 1. The van der Waals surface area contributed by atoms with Crippen LogP contribution >= 0.6 is 11.6 Å². The summed E-state index contributed by atoms with van der Waals surface area (Å²) in [5.74, 6) is 0.960. The van der Waals surface area contributed by atoms with Crippen molar-refractivity contribution in [3.63, 3.8) is 0 Å². The van der Waals surface area contributed by atoms with Crippen molar-refractivity contribution < 1.29 is 18.1 Å². The molecule has 184 valence electrons. The quantitative estimate of drug-likeness (QED) is 0.369. The standard InChI is InChI=1S/C22H23ClN6O5S/c1-27(13-15-3-5-16(23)6-4-15)21-19-20(25-14-26-21)24-11-12-34-22(19)28(2)35(32,33)18-9-7-17(8-10-18)29(30)31/h3-10,14,22H,11-13H2,1-2H3,(H,24,25,26)/t22-/m1/s1. The van der Waals surface area contributed by atoms with E-state index < -0.39 is 21.2 Å². The summed E-state index contributed by atoms with van der Waals surface area (Å²) in [5.41, 5.74) is 1.25. The molecule has 3 aromatic rings. The van der Waals surface area contributed by atoms with Crippen molar-refractivity contribution in [2.75, 3.05) is 37.5 Å². The van der Waals surface area contributed by atoms with Crippen molar-refractivity contribution in [3.05, 3.63) is 81.1 Å². The third-order valence-corrected chi connectivity index (χ3v) is 7.60. The van der Waals surface area contributed by atoms with Crippen LogP contribution in [0.25, 0.3) is 0 Å². The Morgan fingerprint density at radius 1 is 1.14 bits per heavy atom. The molecule has 2 heterocycles. The highest BCUT2D eigenvalue weighted by Gasteiger charge is 2.36. The van der Waals surface area contributed by atoms with Gasteiger partial charge in [0, 0.05) is 44.3 Å². The highest BCUT2D eigenvalue weighted by molar-refractivity contribution is 7.89. The molecular formula is C22H23ClN6O5S. The summed E-state index contributed by atoms with van der Waals surface area (Å²) in [4.78, 5) is 20.9. The molecule has 1 atom stereocenters. The number of fused-ring (bicyclic) bond motifs is 1. The molecule has 0 saturated heterocycles. The van der Waals surface area contributed by atoms with E-state index in [1.807, 2.05) is 24.1 Å². The van der Waals surface area contributed by atoms with E-state index in [4.69, 9.17) is 16.3 Å². The van der Waals surface area contributed by atoms with Gasteiger partial charge < -0.3 is 15.0 Å². The van der Waals surface area contributed by atoms with Crippen LogP contribution in [-0.2, 0) is 21.3 Å². The van der Waals surface area contributed by atoms with Gasteiger partial charge in [-0.15, -0.1) is 0 Å². The lowest BCUT2D eigenvalue weighted by atomic mass is 10.2. The molecule has 0 radical (unpaired) electrons. The molecule has 1 aliphatic rings. The maximum atomic E-state index is 13.4. The van der Waals surface area contributed by atoms with Crippen molar-refractivity contribution in [1.82, 2.24) is 14.3 Å². The Balaban J connectivity index is 1.71. The van der Waals surface area contributed by atoms with Gasteiger partial charge in [0.1, 0.15) is 18.0 Å². The number of sulfonamides is 1. The van der Waals surface area contributed by atoms with Crippen molar-refractivity contribution in [3.8, 4) is 0 Å². The molecule has 0 saturated carbocycles. The Bertz CT molecular complexity index is 1320. The van der Waals surface area contributed by atoms with Crippen LogP contribution in [0.5, 0.6) is 0 Å². The van der Waals surface area contributed by atoms with Gasteiger partial charge in [0.05, 0.1) is 22.0 Å². The molecule has 0 spiro atoms. The van der Waals surface area contributed by atoms with E-state index in [1.165, 1.54) is 25.5 Å². The van der Waals surface area contributed by atoms with Gasteiger partial charge in [0.15, 0.2) is 6.23 Å². The first-order valence-corrected chi connectivity index (χ1v) is 12.4. The summed E-state index contributed by atoms with van der Waals surface area (Å²) >= 11 is 5.99. The monoisotopic (exact) mass is 518 g/mol. The molecule has 11 nitrogen and oxygen atoms in total. The number of benzene rings is 2. The predicted molar refractivity (Wildman–Crippen MR) is 131 cm³/mol. The minimum absolute atomic E-state index is 0.0964. The third-order valence-electron chi connectivity index (χ3n) is 5.53. The zero-order valence-corrected chi connectivity index (χ0v) is 20.5. The molecule has 1 aliphatic heterocycles. The van der Waals surface area contributed by atoms with Crippen molar-refractivity contribution >= 4 is 38.9 Å². The second kappa shape index (κ2) is 10.1. The number of hydrogen-bond acceptors (Lipinski definition) is 9. The number of hydrogen-bond donors (Lipinski definition) is 1. The molecular weight excluding hydrogens is 496 g/mol. The Morgan fingerprint density at radius 3 is 2.49 bits per heavy atom. The van der Waals surface area contributed by atoms with E-state index >= 15 is 0 Å². The second-order valence-electron chi connectivity index (χ2n) is 7.86. The average molecular weight is 519 g/mol. The fourth-order valence-electron chi connectivity index (χ4n) is 3.74. The molecule has 0 amide bonds. The summed E-state index contributed by atoms with van der Waals surface area (Å²) < 4.78 is 33.9. The van der Waals surface area contributed by atoms with Crippen LogP contribution < -0.4 is 10.2 Å². The fraction of sp³-hybridized carbons (Fsp3) is 0.273. The van der Waals surface area contributed by atoms with Crippen LogP contribution in [0.15, 0.2) is 59.8 Å². The van der Waals surface area contributed by atoms with E-state index in [-0.39, 0.29) is 17.2 Å². The highest BCUT2D eigenvalue weighted by atomic mass is 35.5. The Hall–Kier alpha value is -3.32. The largest absolute Gasteiger partial charge is 0.367 e. The summed E-state index contributed by atoms with van der Waals surface area (Å²) in [5, 5.41) is 14.8. The lowest BCUT2D eigenvalue weighted by molar-refractivity contribution is -0.384. The van der Waals surface area contributed by atoms with Gasteiger partial charge in [-0.05, 0) is 29.8 Å². The number of nitrogens with one attached hydrogen (secondary N) is 1. The smallest absolute Gasteiger partial charge is 0.269 e.